The van der Waals surface area contributed by atoms with E-state index >= 15 is 0 Å². The van der Waals surface area contributed by atoms with Crippen molar-refractivity contribution in [3.8, 4) is 0 Å². The van der Waals surface area contributed by atoms with Crippen LogP contribution in [0.4, 0.5) is 0 Å². The molecule has 0 aliphatic heterocycles. The summed E-state index contributed by atoms with van der Waals surface area (Å²) >= 11 is 0. The van der Waals surface area contributed by atoms with Gasteiger partial charge in [0.15, 0.2) is 0 Å². The molecular weight excluding hydrogens is 156 g/mol. The molecule has 0 heterocycles. The van der Waals surface area contributed by atoms with Crippen LogP contribution in [0.15, 0.2) is 0 Å². The first kappa shape index (κ1) is 10.9. The van der Waals surface area contributed by atoms with Gasteiger partial charge in [-0.3, -0.25) is 9.59 Å². The van der Waals surface area contributed by atoms with Crippen molar-refractivity contribution in [1.29, 1.82) is 0 Å². The monoisotopic (exact) mass is 172 g/mol. The average molecular weight is 172 g/mol. The maximum atomic E-state index is 11.4. The number of hydrogen-bond donors (Lipinski definition) is 1. The van der Waals surface area contributed by atoms with E-state index in [2.05, 4.69) is 5.32 Å². The lowest BCUT2D eigenvalue weighted by molar-refractivity contribution is -0.133. The standard InChI is InChI=1S/C8H16N2O2/c1-4-10(5-2)8(12)7(3)9-6-11/h6-7H,4-5H2,1-3H3,(H,9,11). The van der Waals surface area contributed by atoms with E-state index in [0.29, 0.717) is 19.5 Å². The SMILES string of the molecule is CCN(CC)C(=O)C(C)NC=O. The Morgan fingerprint density at radius 1 is 1.50 bits per heavy atom. The molecule has 0 saturated carbocycles. The Hall–Kier alpha value is -1.06. The van der Waals surface area contributed by atoms with Gasteiger partial charge in [0.05, 0.1) is 0 Å². The molecule has 0 aliphatic rings. The van der Waals surface area contributed by atoms with Crippen molar-refractivity contribution in [1.82, 2.24) is 10.2 Å². The van der Waals surface area contributed by atoms with E-state index in [1.807, 2.05) is 13.8 Å². The van der Waals surface area contributed by atoms with E-state index in [0.717, 1.165) is 0 Å². The first-order chi connectivity index (χ1) is 5.67. The Morgan fingerprint density at radius 2 is 2.00 bits per heavy atom. The molecule has 0 aromatic rings. The van der Waals surface area contributed by atoms with Gasteiger partial charge in [0.1, 0.15) is 6.04 Å². The van der Waals surface area contributed by atoms with Gasteiger partial charge in [-0.15, -0.1) is 0 Å². The van der Waals surface area contributed by atoms with Crippen molar-refractivity contribution < 1.29 is 9.59 Å². The highest BCUT2D eigenvalue weighted by Crippen LogP contribution is 1.93. The average Bonchev–Trinajstić information content (AvgIpc) is 2.07. The highest BCUT2D eigenvalue weighted by Gasteiger charge is 2.16. The maximum absolute atomic E-state index is 11.4. The second kappa shape index (κ2) is 5.57. The minimum Gasteiger partial charge on any atom is -0.347 e. The van der Waals surface area contributed by atoms with Crippen LogP contribution >= 0.6 is 0 Å². The second-order valence-electron chi connectivity index (χ2n) is 2.52. The number of carbonyl (C=O) groups excluding carboxylic acids is 2. The van der Waals surface area contributed by atoms with Gasteiger partial charge < -0.3 is 10.2 Å². The fraction of sp³-hybridized carbons (Fsp3) is 0.750. The van der Waals surface area contributed by atoms with Gasteiger partial charge in [0.2, 0.25) is 12.3 Å². The molecule has 0 radical (unpaired) electrons. The van der Waals surface area contributed by atoms with Crippen LogP contribution in [0, 0.1) is 0 Å². The summed E-state index contributed by atoms with van der Waals surface area (Å²) < 4.78 is 0. The highest BCUT2D eigenvalue weighted by atomic mass is 16.2. The van der Waals surface area contributed by atoms with Crippen molar-refractivity contribution in [3.63, 3.8) is 0 Å². The zero-order chi connectivity index (χ0) is 9.56. The summed E-state index contributed by atoms with van der Waals surface area (Å²) in [5, 5.41) is 2.42. The van der Waals surface area contributed by atoms with Crippen LogP contribution in [0.2, 0.25) is 0 Å². The lowest BCUT2D eigenvalue weighted by atomic mass is 10.3. The van der Waals surface area contributed by atoms with Crippen LogP contribution in [-0.4, -0.2) is 36.3 Å². The van der Waals surface area contributed by atoms with Crippen molar-refractivity contribution >= 4 is 12.3 Å². The molecule has 1 unspecified atom stereocenters. The van der Waals surface area contributed by atoms with E-state index in [1.165, 1.54) is 0 Å². The summed E-state index contributed by atoms with van der Waals surface area (Å²) in [6, 6.07) is -0.414. The van der Waals surface area contributed by atoms with Gasteiger partial charge in [-0.05, 0) is 20.8 Å². The predicted octanol–water partition coefficient (Wildman–Crippen LogP) is -0.0107. The Labute approximate surface area is 72.9 Å². The summed E-state index contributed by atoms with van der Waals surface area (Å²) in [7, 11) is 0. The zero-order valence-corrected chi connectivity index (χ0v) is 7.83. The first-order valence-corrected chi connectivity index (χ1v) is 4.15. The smallest absolute Gasteiger partial charge is 0.244 e. The molecule has 4 nitrogen and oxygen atoms in total. The normalized spacial score (nSPS) is 11.9. The molecule has 0 aromatic carbocycles. The lowest BCUT2D eigenvalue weighted by Gasteiger charge is -2.22. The summed E-state index contributed by atoms with van der Waals surface area (Å²) in [4.78, 5) is 23.1. The number of nitrogens with zero attached hydrogens (tertiary/aromatic N) is 1. The molecule has 0 aromatic heterocycles. The van der Waals surface area contributed by atoms with Crippen LogP contribution in [0.1, 0.15) is 20.8 Å². The number of hydrogen-bond acceptors (Lipinski definition) is 2. The second-order valence-corrected chi connectivity index (χ2v) is 2.52. The number of likely N-dealkylation sites (N-methyl/N-ethyl adjacent to an activating group) is 1. The third-order valence-electron chi connectivity index (χ3n) is 1.76. The predicted molar refractivity (Wildman–Crippen MR) is 46.6 cm³/mol. The summed E-state index contributed by atoms with van der Waals surface area (Å²) in [5.74, 6) is -0.0351. The molecule has 1 N–H and O–H groups in total. The molecule has 1 atom stereocenters. The molecule has 4 heteroatoms. The van der Waals surface area contributed by atoms with Gasteiger partial charge in [-0.25, -0.2) is 0 Å². The Kier molecular flexibility index (Phi) is 5.08. The minimum atomic E-state index is -0.414. The number of nitrogens with one attached hydrogen (secondary N) is 1. The van der Waals surface area contributed by atoms with Crippen molar-refractivity contribution in [2.45, 2.75) is 26.8 Å². The molecule has 0 rings (SSSR count). The quantitative estimate of drug-likeness (QED) is 0.593. The van der Waals surface area contributed by atoms with Crippen molar-refractivity contribution in [3.05, 3.63) is 0 Å². The van der Waals surface area contributed by atoms with E-state index in [-0.39, 0.29) is 5.91 Å². The van der Waals surface area contributed by atoms with Crippen molar-refractivity contribution in [2.75, 3.05) is 13.1 Å². The number of amides is 2. The van der Waals surface area contributed by atoms with Gasteiger partial charge in [0, 0.05) is 13.1 Å². The van der Waals surface area contributed by atoms with Crippen LogP contribution < -0.4 is 5.32 Å². The third-order valence-corrected chi connectivity index (χ3v) is 1.76. The molecule has 2 amide bonds. The number of carbonyl (C=O) groups is 2. The van der Waals surface area contributed by atoms with Crippen LogP contribution in [0.5, 0.6) is 0 Å². The summed E-state index contributed by atoms with van der Waals surface area (Å²) in [6.07, 6.45) is 0.548. The fourth-order valence-corrected chi connectivity index (χ4v) is 0.982. The fourth-order valence-electron chi connectivity index (χ4n) is 0.982. The number of rotatable bonds is 5. The summed E-state index contributed by atoms with van der Waals surface area (Å²) in [6.45, 7) is 6.86. The lowest BCUT2D eigenvalue weighted by Crippen LogP contribution is -2.44. The molecule has 70 valence electrons. The minimum absolute atomic E-state index is 0.0351. The van der Waals surface area contributed by atoms with Crippen LogP contribution in [-0.2, 0) is 9.59 Å². The van der Waals surface area contributed by atoms with Crippen LogP contribution in [0.25, 0.3) is 0 Å². The van der Waals surface area contributed by atoms with Crippen molar-refractivity contribution in [2.24, 2.45) is 0 Å². The Balaban J connectivity index is 4.05. The topological polar surface area (TPSA) is 49.4 Å². The first-order valence-electron chi connectivity index (χ1n) is 4.15. The van der Waals surface area contributed by atoms with Gasteiger partial charge in [-0.1, -0.05) is 0 Å². The van der Waals surface area contributed by atoms with Crippen LogP contribution in [0.3, 0.4) is 0 Å². The molecule has 0 bridgehead atoms. The molecule has 0 aliphatic carbocycles. The largest absolute Gasteiger partial charge is 0.347 e. The van der Waals surface area contributed by atoms with E-state index < -0.39 is 6.04 Å². The summed E-state index contributed by atoms with van der Waals surface area (Å²) in [5.41, 5.74) is 0. The van der Waals surface area contributed by atoms with E-state index in [4.69, 9.17) is 0 Å². The molecular formula is C8H16N2O2. The van der Waals surface area contributed by atoms with Gasteiger partial charge in [-0.2, -0.15) is 0 Å². The molecule has 0 fully saturated rings. The molecule has 0 saturated heterocycles. The zero-order valence-electron chi connectivity index (χ0n) is 7.83. The Bertz CT molecular complexity index is 155. The van der Waals surface area contributed by atoms with Gasteiger partial charge >= 0.3 is 0 Å². The maximum Gasteiger partial charge on any atom is 0.244 e. The van der Waals surface area contributed by atoms with E-state index in [1.54, 1.807) is 11.8 Å². The highest BCUT2D eigenvalue weighted by molar-refractivity contribution is 5.83. The molecule has 12 heavy (non-hydrogen) atoms. The van der Waals surface area contributed by atoms with E-state index in [9.17, 15) is 9.59 Å². The Morgan fingerprint density at radius 3 is 2.33 bits per heavy atom. The van der Waals surface area contributed by atoms with Gasteiger partial charge in [0.25, 0.3) is 0 Å². The molecule has 0 spiro atoms. The third kappa shape index (κ3) is 2.90.